The van der Waals surface area contributed by atoms with E-state index >= 15 is 0 Å². The fraction of sp³-hybridized carbons (Fsp3) is 0.500. The van der Waals surface area contributed by atoms with E-state index in [0.717, 1.165) is 25.7 Å². The molecule has 0 aliphatic carbocycles. The third-order valence-electron chi connectivity index (χ3n) is 2.77. The van der Waals surface area contributed by atoms with Crippen LogP contribution in [0, 0.1) is 16.0 Å². The first-order valence-corrected chi connectivity index (χ1v) is 5.37. The van der Waals surface area contributed by atoms with Crippen LogP contribution in [-0.2, 0) is 4.79 Å². The second-order valence-corrected chi connectivity index (χ2v) is 3.98. The summed E-state index contributed by atoms with van der Waals surface area (Å²) < 4.78 is 0. The molecule has 1 unspecified atom stereocenters. The minimum absolute atomic E-state index is 0.00235. The topological polar surface area (TPSA) is 89.2 Å². The quantitative estimate of drug-likeness (QED) is 0.438. The lowest BCUT2D eigenvalue weighted by Crippen LogP contribution is -2.37. The first-order chi connectivity index (χ1) is 8.20. The number of carbonyl (C=O) groups is 1. The predicted octanol–water partition coefficient (Wildman–Crippen LogP) is 0.800. The van der Waals surface area contributed by atoms with Crippen molar-refractivity contribution in [1.82, 2.24) is 9.97 Å². The highest BCUT2D eigenvalue weighted by Gasteiger charge is 2.21. The SMILES string of the molecule is O=CC1CCCN(c2ncc([N+](=O)[O-])cn2)C1. The van der Waals surface area contributed by atoms with Crippen LogP contribution in [-0.4, -0.2) is 34.3 Å². The molecule has 0 spiro atoms. The molecule has 0 amide bonds. The van der Waals surface area contributed by atoms with E-state index in [-0.39, 0.29) is 11.6 Å². The smallest absolute Gasteiger partial charge is 0.305 e. The van der Waals surface area contributed by atoms with Crippen LogP contribution in [0.25, 0.3) is 0 Å². The second kappa shape index (κ2) is 4.86. The summed E-state index contributed by atoms with van der Waals surface area (Å²) in [6.07, 6.45) is 5.11. The van der Waals surface area contributed by atoms with Crippen molar-refractivity contribution in [1.29, 1.82) is 0 Å². The molecule has 0 saturated carbocycles. The fourth-order valence-corrected chi connectivity index (χ4v) is 1.87. The van der Waals surface area contributed by atoms with Gasteiger partial charge in [-0.3, -0.25) is 10.1 Å². The third kappa shape index (κ3) is 2.55. The van der Waals surface area contributed by atoms with Crippen LogP contribution in [0.5, 0.6) is 0 Å². The molecule has 1 saturated heterocycles. The van der Waals surface area contributed by atoms with Crippen molar-refractivity contribution in [2.75, 3.05) is 18.0 Å². The molecule has 2 heterocycles. The lowest BCUT2D eigenvalue weighted by Gasteiger charge is -2.29. The van der Waals surface area contributed by atoms with Gasteiger partial charge < -0.3 is 9.69 Å². The first kappa shape index (κ1) is 11.4. The molecule has 1 aliphatic rings. The summed E-state index contributed by atoms with van der Waals surface area (Å²) in [6.45, 7) is 1.36. The molecular formula is C10H12N4O3. The van der Waals surface area contributed by atoms with Crippen LogP contribution in [0.15, 0.2) is 12.4 Å². The summed E-state index contributed by atoms with van der Waals surface area (Å²) in [5.74, 6) is 0.449. The Balaban J connectivity index is 2.11. The molecule has 1 aromatic rings. The Labute approximate surface area is 97.6 Å². The van der Waals surface area contributed by atoms with E-state index < -0.39 is 4.92 Å². The average molecular weight is 236 g/mol. The number of nitrogens with zero attached hydrogens (tertiary/aromatic N) is 4. The Morgan fingerprint density at radius 3 is 2.76 bits per heavy atom. The highest BCUT2D eigenvalue weighted by atomic mass is 16.6. The molecule has 7 nitrogen and oxygen atoms in total. The molecular weight excluding hydrogens is 224 g/mol. The summed E-state index contributed by atoms with van der Waals surface area (Å²) in [5, 5.41) is 10.5. The Kier molecular flexibility index (Phi) is 3.27. The summed E-state index contributed by atoms with van der Waals surface area (Å²) in [7, 11) is 0. The summed E-state index contributed by atoms with van der Waals surface area (Å²) in [4.78, 5) is 30.4. The normalized spacial score (nSPS) is 20.0. The van der Waals surface area contributed by atoms with Crippen molar-refractivity contribution in [3.05, 3.63) is 22.5 Å². The van der Waals surface area contributed by atoms with E-state index in [1.807, 2.05) is 4.90 Å². The molecule has 90 valence electrons. The highest BCUT2D eigenvalue weighted by Crippen LogP contribution is 2.19. The number of hydrogen-bond donors (Lipinski definition) is 0. The lowest BCUT2D eigenvalue weighted by atomic mass is 10.0. The van der Waals surface area contributed by atoms with Gasteiger partial charge in [0.05, 0.1) is 4.92 Å². The Bertz CT molecular complexity index is 420. The van der Waals surface area contributed by atoms with Gasteiger partial charge in [0, 0.05) is 19.0 Å². The lowest BCUT2D eigenvalue weighted by molar-refractivity contribution is -0.385. The van der Waals surface area contributed by atoms with E-state index in [9.17, 15) is 14.9 Å². The van der Waals surface area contributed by atoms with Gasteiger partial charge in [0.1, 0.15) is 18.7 Å². The van der Waals surface area contributed by atoms with E-state index in [1.54, 1.807) is 0 Å². The van der Waals surface area contributed by atoms with E-state index in [4.69, 9.17) is 0 Å². The predicted molar refractivity (Wildman–Crippen MR) is 59.7 cm³/mol. The number of nitro groups is 1. The molecule has 7 heteroatoms. The molecule has 2 rings (SSSR count). The van der Waals surface area contributed by atoms with Gasteiger partial charge in [-0.2, -0.15) is 0 Å². The summed E-state index contributed by atoms with van der Waals surface area (Å²) >= 11 is 0. The van der Waals surface area contributed by atoms with Crippen molar-refractivity contribution in [2.24, 2.45) is 5.92 Å². The number of hydrogen-bond acceptors (Lipinski definition) is 6. The fourth-order valence-electron chi connectivity index (χ4n) is 1.87. The van der Waals surface area contributed by atoms with Crippen molar-refractivity contribution in [3.8, 4) is 0 Å². The molecule has 1 atom stereocenters. The number of anilines is 1. The van der Waals surface area contributed by atoms with E-state index in [0.29, 0.717) is 12.5 Å². The average Bonchev–Trinajstić information content (AvgIpc) is 2.39. The van der Waals surface area contributed by atoms with Gasteiger partial charge in [-0.25, -0.2) is 9.97 Å². The summed E-state index contributed by atoms with van der Waals surface area (Å²) in [6, 6.07) is 0. The molecule has 1 aliphatic heterocycles. The maximum Gasteiger partial charge on any atom is 0.305 e. The van der Waals surface area contributed by atoms with Crippen LogP contribution < -0.4 is 4.90 Å². The third-order valence-corrected chi connectivity index (χ3v) is 2.77. The van der Waals surface area contributed by atoms with Gasteiger partial charge in [-0.05, 0) is 12.8 Å². The zero-order chi connectivity index (χ0) is 12.3. The molecule has 17 heavy (non-hydrogen) atoms. The van der Waals surface area contributed by atoms with Gasteiger partial charge in [-0.15, -0.1) is 0 Å². The van der Waals surface area contributed by atoms with Gasteiger partial charge in [0.2, 0.25) is 5.95 Å². The first-order valence-electron chi connectivity index (χ1n) is 5.37. The van der Waals surface area contributed by atoms with Gasteiger partial charge >= 0.3 is 5.69 Å². The van der Waals surface area contributed by atoms with Crippen LogP contribution in [0.3, 0.4) is 0 Å². The van der Waals surface area contributed by atoms with Crippen molar-refractivity contribution < 1.29 is 9.72 Å². The van der Waals surface area contributed by atoms with Crippen LogP contribution in [0.1, 0.15) is 12.8 Å². The molecule has 1 aromatic heterocycles. The van der Waals surface area contributed by atoms with Crippen LogP contribution in [0.2, 0.25) is 0 Å². The number of rotatable bonds is 3. The zero-order valence-corrected chi connectivity index (χ0v) is 9.15. The number of aromatic nitrogens is 2. The Morgan fingerprint density at radius 1 is 1.47 bits per heavy atom. The monoisotopic (exact) mass is 236 g/mol. The molecule has 0 aromatic carbocycles. The molecule has 0 radical (unpaired) electrons. The Morgan fingerprint density at radius 2 is 2.18 bits per heavy atom. The van der Waals surface area contributed by atoms with E-state index in [2.05, 4.69) is 9.97 Å². The summed E-state index contributed by atoms with van der Waals surface area (Å²) in [5.41, 5.74) is -0.127. The molecule has 0 bridgehead atoms. The van der Waals surface area contributed by atoms with Crippen LogP contribution in [0.4, 0.5) is 11.6 Å². The Hall–Kier alpha value is -2.05. The van der Waals surface area contributed by atoms with Crippen molar-refractivity contribution >= 4 is 17.9 Å². The minimum atomic E-state index is -0.534. The van der Waals surface area contributed by atoms with Crippen molar-refractivity contribution in [3.63, 3.8) is 0 Å². The van der Waals surface area contributed by atoms with Gasteiger partial charge in [0.15, 0.2) is 0 Å². The molecule has 0 N–H and O–H groups in total. The number of aldehydes is 1. The molecule has 1 fully saturated rings. The highest BCUT2D eigenvalue weighted by molar-refractivity contribution is 5.55. The maximum atomic E-state index is 10.7. The minimum Gasteiger partial charge on any atom is -0.340 e. The van der Waals surface area contributed by atoms with E-state index in [1.165, 1.54) is 12.4 Å². The number of carbonyl (C=O) groups excluding carboxylic acids is 1. The zero-order valence-electron chi connectivity index (χ0n) is 9.15. The number of piperidine rings is 1. The van der Waals surface area contributed by atoms with Crippen LogP contribution >= 0.6 is 0 Å². The van der Waals surface area contributed by atoms with Gasteiger partial charge in [0.25, 0.3) is 0 Å². The van der Waals surface area contributed by atoms with Gasteiger partial charge in [-0.1, -0.05) is 0 Å². The second-order valence-electron chi connectivity index (χ2n) is 3.98. The largest absolute Gasteiger partial charge is 0.340 e. The van der Waals surface area contributed by atoms with Crippen molar-refractivity contribution in [2.45, 2.75) is 12.8 Å². The standard InChI is InChI=1S/C10H12N4O3/c15-7-8-2-1-3-13(6-8)10-11-4-9(5-12-10)14(16)17/h4-5,7-8H,1-3,6H2. The maximum absolute atomic E-state index is 10.7.